The van der Waals surface area contributed by atoms with Gasteiger partial charge in [0, 0.05) is 5.70 Å². The molecule has 5 nitrogen and oxygen atoms in total. The minimum absolute atomic E-state index is 0.279. The van der Waals surface area contributed by atoms with Gasteiger partial charge in [0.2, 0.25) is 5.78 Å². The molecule has 5 heteroatoms. The van der Waals surface area contributed by atoms with Crippen LogP contribution >= 0.6 is 0 Å². The highest BCUT2D eigenvalue weighted by Gasteiger charge is 2.27. The first-order valence-electron chi connectivity index (χ1n) is 5.20. The molecule has 3 rings (SSSR count). The van der Waals surface area contributed by atoms with E-state index in [4.69, 9.17) is 11.5 Å². The molecule has 0 bridgehead atoms. The molecule has 1 aliphatic carbocycles. The van der Waals surface area contributed by atoms with Crippen molar-refractivity contribution in [1.29, 1.82) is 0 Å². The Bertz CT molecular complexity index is 663. The van der Waals surface area contributed by atoms with Gasteiger partial charge in [0.05, 0.1) is 16.7 Å². The number of Topliss-reactive ketones (excluding diaryl/α,β-unsaturated/α-hetero) is 1. The predicted molar refractivity (Wildman–Crippen MR) is 64.0 cm³/mol. The SMILES string of the molecule is NC1=Cc2nc3ccccc3nc2C(=O)C1N. The number of carbonyl (C=O) groups excluding carboxylic acids is 1. The lowest BCUT2D eigenvalue weighted by Crippen LogP contribution is -2.39. The van der Waals surface area contributed by atoms with E-state index in [0.717, 1.165) is 5.52 Å². The smallest absolute Gasteiger partial charge is 0.206 e. The summed E-state index contributed by atoms with van der Waals surface area (Å²) in [5.74, 6) is -0.279. The minimum Gasteiger partial charge on any atom is -0.400 e. The molecule has 1 unspecified atom stereocenters. The van der Waals surface area contributed by atoms with Crippen molar-refractivity contribution in [2.24, 2.45) is 11.5 Å². The van der Waals surface area contributed by atoms with Gasteiger partial charge in [-0.3, -0.25) is 4.79 Å². The van der Waals surface area contributed by atoms with Crippen LogP contribution in [0.25, 0.3) is 17.1 Å². The van der Waals surface area contributed by atoms with E-state index in [2.05, 4.69) is 9.97 Å². The number of carbonyl (C=O) groups is 1. The molecule has 84 valence electrons. The second-order valence-corrected chi connectivity index (χ2v) is 3.93. The molecule has 0 aliphatic heterocycles. The number of nitrogens with two attached hydrogens (primary N) is 2. The van der Waals surface area contributed by atoms with Crippen LogP contribution in [0.15, 0.2) is 30.0 Å². The Hall–Kier alpha value is -2.27. The highest BCUT2D eigenvalue weighted by molar-refractivity contribution is 6.06. The van der Waals surface area contributed by atoms with Crippen molar-refractivity contribution in [2.75, 3.05) is 0 Å². The number of rotatable bonds is 0. The number of fused-ring (bicyclic) bond motifs is 2. The molecular formula is C12H10N4O. The van der Waals surface area contributed by atoms with Crippen molar-refractivity contribution < 1.29 is 4.79 Å². The summed E-state index contributed by atoms with van der Waals surface area (Å²) in [4.78, 5) is 20.6. The molecular weight excluding hydrogens is 216 g/mol. The van der Waals surface area contributed by atoms with Gasteiger partial charge in [-0.2, -0.15) is 0 Å². The first-order valence-corrected chi connectivity index (χ1v) is 5.20. The van der Waals surface area contributed by atoms with Gasteiger partial charge >= 0.3 is 0 Å². The molecule has 1 atom stereocenters. The molecule has 0 amide bonds. The summed E-state index contributed by atoms with van der Waals surface area (Å²) in [5, 5.41) is 0. The van der Waals surface area contributed by atoms with Gasteiger partial charge in [-0.05, 0) is 18.2 Å². The number of benzene rings is 1. The van der Waals surface area contributed by atoms with Crippen LogP contribution in [0, 0.1) is 0 Å². The fourth-order valence-corrected chi connectivity index (χ4v) is 1.84. The average molecular weight is 226 g/mol. The molecule has 0 saturated carbocycles. The van der Waals surface area contributed by atoms with Gasteiger partial charge in [0.1, 0.15) is 11.7 Å². The minimum atomic E-state index is -0.807. The Labute approximate surface area is 97.2 Å². The average Bonchev–Trinajstić information content (AvgIpc) is 2.34. The summed E-state index contributed by atoms with van der Waals surface area (Å²) in [6, 6.07) is 6.56. The molecule has 1 aliphatic rings. The molecule has 0 fully saturated rings. The van der Waals surface area contributed by atoms with E-state index in [-0.39, 0.29) is 5.78 Å². The normalized spacial score (nSPS) is 19.0. The lowest BCUT2D eigenvalue weighted by atomic mass is 9.98. The number of hydrogen-bond acceptors (Lipinski definition) is 5. The zero-order valence-corrected chi connectivity index (χ0v) is 8.92. The first kappa shape index (κ1) is 9.92. The maximum atomic E-state index is 11.9. The second-order valence-electron chi connectivity index (χ2n) is 3.93. The van der Waals surface area contributed by atoms with Gasteiger partial charge < -0.3 is 11.5 Å². The van der Waals surface area contributed by atoms with Crippen LogP contribution in [0.4, 0.5) is 0 Å². The van der Waals surface area contributed by atoms with Gasteiger partial charge in [0.15, 0.2) is 0 Å². The second kappa shape index (κ2) is 3.36. The van der Waals surface area contributed by atoms with Crippen LogP contribution < -0.4 is 11.5 Å². The van der Waals surface area contributed by atoms with Crippen LogP contribution in [0.5, 0.6) is 0 Å². The molecule has 1 aromatic carbocycles. The summed E-state index contributed by atoms with van der Waals surface area (Å²) < 4.78 is 0. The van der Waals surface area contributed by atoms with Crippen molar-refractivity contribution in [1.82, 2.24) is 9.97 Å². The fraction of sp³-hybridized carbons (Fsp3) is 0.0833. The van der Waals surface area contributed by atoms with E-state index >= 15 is 0 Å². The van der Waals surface area contributed by atoms with E-state index in [0.29, 0.717) is 22.6 Å². The molecule has 0 radical (unpaired) electrons. The quantitative estimate of drug-likeness (QED) is 0.680. The highest BCUT2D eigenvalue weighted by atomic mass is 16.1. The van der Waals surface area contributed by atoms with Gasteiger partial charge in [-0.25, -0.2) is 9.97 Å². The fourth-order valence-electron chi connectivity index (χ4n) is 1.84. The standard InChI is InChI=1S/C12H10N4O/c13-6-5-9-11(12(17)10(6)14)16-8-4-2-1-3-7(8)15-9/h1-5,10H,13-14H2. The topological polar surface area (TPSA) is 94.9 Å². The molecule has 1 heterocycles. The third-order valence-electron chi connectivity index (χ3n) is 2.78. The maximum absolute atomic E-state index is 11.9. The number of para-hydroxylation sites is 2. The third kappa shape index (κ3) is 1.40. The molecule has 2 aromatic rings. The van der Waals surface area contributed by atoms with Crippen molar-refractivity contribution in [3.63, 3.8) is 0 Å². The third-order valence-corrected chi connectivity index (χ3v) is 2.78. The summed E-state index contributed by atoms with van der Waals surface area (Å²) in [7, 11) is 0. The van der Waals surface area contributed by atoms with E-state index in [1.165, 1.54) is 0 Å². The number of hydrogen-bond donors (Lipinski definition) is 2. The summed E-state index contributed by atoms with van der Waals surface area (Å²) >= 11 is 0. The van der Waals surface area contributed by atoms with Crippen molar-refractivity contribution in [3.05, 3.63) is 41.4 Å². The van der Waals surface area contributed by atoms with E-state index in [1.54, 1.807) is 6.08 Å². The van der Waals surface area contributed by atoms with E-state index in [1.807, 2.05) is 24.3 Å². The zero-order valence-electron chi connectivity index (χ0n) is 8.92. The van der Waals surface area contributed by atoms with Crippen molar-refractivity contribution in [3.8, 4) is 0 Å². The first-order chi connectivity index (χ1) is 8.16. The van der Waals surface area contributed by atoms with E-state index < -0.39 is 6.04 Å². The lowest BCUT2D eigenvalue weighted by Gasteiger charge is -2.17. The predicted octanol–water partition coefficient (Wildman–Crippen LogP) is 0.453. The maximum Gasteiger partial charge on any atom is 0.206 e. The molecule has 1 aromatic heterocycles. The van der Waals surface area contributed by atoms with Gasteiger partial charge in [-0.1, -0.05) is 12.1 Å². The van der Waals surface area contributed by atoms with Crippen LogP contribution in [0.3, 0.4) is 0 Å². The zero-order chi connectivity index (χ0) is 12.0. The Morgan fingerprint density at radius 2 is 1.76 bits per heavy atom. The summed E-state index contributed by atoms with van der Waals surface area (Å²) in [6.45, 7) is 0. The molecule has 17 heavy (non-hydrogen) atoms. The summed E-state index contributed by atoms with van der Waals surface area (Å²) in [6.07, 6.45) is 1.61. The Kier molecular flexibility index (Phi) is 1.96. The molecule has 0 saturated heterocycles. The molecule has 0 spiro atoms. The summed E-state index contributed by atoms with van der Waals surface area (Å²) in [5.41, 5.74) is 13.9. The lowest BCUT2D eigenvalue weighted by molar-refractivity contribution is 0.0967. The van der Waals surface area contributed by atoms with Gasteiger partial charge in [-0.15, -0.1) is 0 Å². The van der Waals surface area contributed by atoms with Crippen LogP contribution in [0.1, 0.15) is 16.2 Å². The molecule has 4 N–H and O–H groups in total. The largest absolute Gasteiger partial charge is 0.400 e. The van der Waals surface area contributed by atoms with E-state index in [9.17, 15) is 4.79 Å². The van der Waals surface area contributed by atoms with Crippen molar-refractivity contribution in [2.45, 2.75) is 6.04 Å². The van der Waals surface area contributed by atoms with Crippen LogP contribution in [-0.4, -0.2) is 21.8 Å². The monoisotopic (exact) mass is 226 g/mol. The Morgan fingerprint density at radius 3 is 2.47 bits per heavy atom. The Morgan fingerprint density at radius 1 is 1.12 bits per heavy atom. The van der Waals surface area contributed by atoms with Crippen LogP contribution in [-0.2, 0) is 0 Å². The Balaban J connectivity index is 2.34. The number of nitrogens with zero attached hydrogens (tertiary/aromatic N) is 2. The number of ketones is 1. The van der Waals surface area contributed by atoms with Gasteiger partial charge in [0.25, 0.3) is 0 Å². The number of aromatic nitrogens is 2. The van der Waals surface area contributed by atoms with Crippen LogP contribution in [0.2, 0.25) is 0 Å². The van der Waals surface area contributed by atoms with Crippen molar-refractivity contribution >= 4 is 22.9 Å². The highest BCUT2D eigenvalue weighted by Crippen LogP contribution is 2.20.